The monoisotopic (exact) mass is 343 g/mol. The van der Waals surface area contributed by atoms with Gasteiger partial charge in [-0.3, -0.25) is 9.78 Å². The molecule has 0 fully saturated rings. The van der Waals surface area contributed by atoms with Crippen molar-refractivity contribution in [2.45, 2.75) is 6.92 Å². The van der Waals surface area contributed by atoms with E-state index in [1.54, 1.807) is 49.6 Å². The fraction of sp³-hybridized carbons (Fsp3) is 0.118. The molecule has 6 nitrogen and oxygen atoms in total. The van der Waals surface area contributed by atoms with E-state index in [1.165, 1.54) is 7.11 Å². The average molecular weight is 344 g/mol. The third-order valence-electron chi connectivity index (χ3n) is 3.43. The number of pyridine rings is 1. The molecule has 122 valence electrons. The lowest BCUT2D eigenvalue weighted by Gasteiger charge is -2.10. The number of rotatable bonds is 4. The van der Waals surface area contributed by atoms with Crippen LogP contribution in [0, 0.1) is 6.92 Å². The topological polar surface area (TPSA) is 77.2 Å². The summed E-state index contributed by atoms with van der Waals surface area (Å²) in [6, 6.07) is 8.55. The van der Waals surface area contributed by atoms with Gasteiger partial charge in [0.1, 0.15) is 22.8 Å². The Labute approximate surface area is 143 Å². The van der Waals surface area contributed by atoms with Gasteiger partial charge in [-0.2, -0.15) is 0 Å². The van der Waals surface area contributed by atoms with Gasteiger partial charge >= 0.3 is 0 Å². The normalized spacial score (nSPS) is 10.5. The van der Waals surface area contributed by atoms with Crippen molar-refractivity contribution in [3.63, 3.8) is 0 Å². The summed E-state index contributed by atoms with van der Waals surface area (Å²) in [6.07, 6.45) is 3.26. The number of nitrogens with one attached hydrogen (secondary N) is 1. The second-order valence-electron chi connectivity index (χ2n) is 5.00. The van der Waals surface area contributed by atoms with E-state index in [4.69, 9.17) is 20.9 Å². The predicted octanol–water partition coefficient (Wildman–Crippen LogP) is 3.96. The Morgan fingerprint density at radius 1 is 1.33 bits per heavy atom. The average Bonchev–Trinajstić information content (AvgIpc) is 2.97. The molecule has 0 aliphatic carbocycles. The fourth-order valence-electron chi connectivity index (χ4n) is 2.30. The molecule has 2 aromatic heterocycles. The lowest BCUT2D eigenvalue weighted by atomic mass is 10.1. The zero-order valence-corrected chi connectivity index (χ0v) is 13.8. The number of carbonyl (C=O) groups is 1. The summed E-state index contributed by atoms with van der Waals surface area (Å²) >= 11 is 5.99. The second kappa shape index (κ2) is 6.72. The molecule has 1 aromatic carbocycles. The van der Waals surface area contributed by atoms with Gasteiger partial charge in [0.15, 0.2) is 0 Å². The van der Waals surface area contributed by atoms with E-state index in [2.05, 4.69) is 15.5 Å². The number of amides is 1. The first-order valence-corrected chi connectivity index (χ1v) is 7.49. The minimum Gasteiger partial charge on any atom is -0.495 e. The number of hydrogen-bond donors (Lipinski definition) is 1. The first-order chi connectivity index (χ1) is 11.6. The van der Waals surface area contributed by atoms with E-state index < -0.39 is 0 Å². The highest BCUT2D eigenvalue weighted by molar-refractivity contribution is 6.31. The number of benzene rings is 1. The molecule has 3 aromatic rings. The summed E-state index contributed by atoms with van der Waals surface area (Å²) in [4.78, 5) is 16.8. The molecule has 0 saturated heterocycles. The van der Waals surface area contributed by atoms with Crippen molar-refractivity contribution in [2.24, 2.45) is 0 Å². The Kier molecular flexibility index (Phi) is 4.48. The Bertz CT molecular complexity index is 878. The minimum atomic E-state index is -0.367. The van der Waals surface area contributed by atoms with Crippen LogP contribution in [0.2, 0.25) is 5.02 Å². The maximum atomic E-state index is 12.7. The summed E-state index contributed by atoms with van der Waals surface area (Å²) in [6.45, 7) is 1.68. The van der Waals surface area contributed by atoms with E-state index in [1.807, 2.05) is 0 Å². The standard InChI is InChI=1S/C17H14ClN3O3/c1-10-15(16(21-24-10)11-4-3-7-19-9-11)17(22)20-13-8-12(18)5-6-14(13)23-2/h3-9H,1-2H3,(H,20,22). The third-order valence-corrected chi connectivity index (χ3v) is 3.67. The van der Waals surface area contributed by atoms with Crippen LogP contribution in [0.4, 0.5) is 5.69 Å². The molecule has 0 aliphatic rings. The van der Waals surface area contributed by atoms with Crippen molar-refractivity contribution in [3.8, 4) is 17.0 Å². The molecule has 1 amide bonds. The van der Waals surface area contributed by atoms with Crippen molar-refractivity contribution < 1.29 is 14.1 Å². The van der Waals surface area contributed by atoms with Gasteiger partial charge in [-0.1, -0.05) is 16.8 Å². The molecule has 0 atom stereocenters. The van der Waals surface area contributed by atoms with Gasteiger partial charge in [0.05, 0.1) is 12.8 Å². The Morgan fingerprint density at radius 3 is 2.88 bits per heavy atom. The van der Waals surface area contributed by atoms with Crippen molar-refractivity contribution in [2.75, 3.05) is 12.4 Å². The smallest absolute Gasteiger partial charge is 0.261 e. The SMILES string of the molecule is COc1ccc(Cl)cc1NC(=O)c1c(-c2cccnc2)noc1C. The molecule has 7 heteroatoms. The third kappa shape index (κ3) is 3.09. The van der Waals surface area contributed by atoms with E-state index in [0.717, 1.165) is 0 Å². The summed E-state index contributed by atoms with van der Waals surface area (Å²) in [5, 5.41) is 7.25. The van der Waals surface area contributed by atoms with E-state index >= 15 is 0 Å². The maximum Gasteiger partial charge on any atom is 0.261 e. The molecule has 0 spiro atoms. The van der Waals surface area contributed by atoms with Crippen molar-refractivity contribution in [1.82, 2.24) is 10.1 Å². The summed E-state index contributed by atoms with van der Waals surface area (Å²) in [5.74, 6) is 0.547. The van der Waals surface area contributed by atoms with E-state index in [0.29, 0.717) is 39.0 Å². The van der Waals surface area contributed by atoms with Gasteiger partial charge in [0.2, 0.25) is 0 Å². The number of nitrogens with zero attached hydrogens (tertiary/aromatic N) is 2. The Hall–Kier alpha value is -2.86. The zero-order chi connectivity index (χ0) is 17.1. The summed E-state index contributed by atoms with van der Waals surface area (Å²) < 4.78 is 10.4. The number of methoxy groups -OCH3 is 1. The van der Waals surface area contributed by atoms with Crippen LogP contribution in [0.15, 0.2) is 47.2 Å². The molecule has 24 heavy (non-hydrogen) atoms. The van der Waals surface area contributed by atoms with Crippen LogP contribution in [0.25, 0.3) is 11.3 Å². The van der Waals surface area contributed by atoms with Crippen LogP contribution in [0.5, 0.6) is 5.75 Å². The van der Waals surface area contributed by atoms with Crippen LogP contribution < -0.4 is 10.1 Å². The molecule has 0 unspecified atom stereocenters. The van der Waals surface area contributed by atoms with E-state index in [-0.39, 0.29) is 5.91 Å². The number of carbonyl (C=O) groups excluding carboxylic acids is 1. The predicted molar refractivity (Wildman–Crippen MR) is 90.4 cm³/mol. The molecule has 3 rings (SSSR count). The van der Waals surface area contributed by atoms with Gasteiger partial charge in [-0.05, 0) is 37.3 Å². The highest BCUT2D eigenvalue weighted by Gasteiger charge is 2.22. The Morgan fingerprint density at radius 2 is 2.17 bits per heavy atom. The van der Waals surface area contributed by atoms with Crippen LogP contribution >= 0.6 is 11.6 Å². The molecule has 2 heterocycles. The molecule has 1 N–H and O–H groups in total. The first-order valence-electron chi connectivity index (χ1n) is 7.11. The first kappa shape index (κ1) is 16.0. The van der Waals surface area contributed by atoms with Crippen LogP contribution in [0.3, 0.4) is 0 Å². The number of ether oxygens (including phenoxy) is 1. The number of aryl methyl sites for hydroxylation is 1. The molecular weight excluding hydrogens is 330 g/mol. The van der Waals surface area contributed by atoms with Crippen LogP contribution in [-0.4, -0.2) is 23.2 Å². The Balaban J connectivity index is 1.97. The molecule has 0 aliphatic heterocycles. The van der Waals surface area contributed by atoms with Crippen molar-refractivity contribution >= 4 is 23.2 Å². The molecule has 0 radical (unpaired) electrons. The van der Waals surface area contributed by atoms with E-state index in [9.17, 15) is 4.79 Å². The van der Waals surface area contributed by atoms with Gasteiger partial charge in [0, 0.05) is 23.0 Å². The lowest BCUT2D eigenvalue weighted by molar-refractivity contribution is 0.102. The van der Waals surface area contributed by atoms with Crippen molar-refractivity contribution in [1.29, 1.82) is 0 Å². The van der Waals surface area contributed by atoms with Gasteiger partial charge in [-0.15, -0.1) is 0 Å². The largest absolute Gasteiger partial charge is 0.495 e. The number of anilines is 1. The van der Waals surface area contributed by atoms with Crippen molar-refractivity contribution in [3.05, 3.63) is 59.1 Å². The van der Waals surface area contributed by atoms with Gasteiger partial charge in [0.25, 0.3) is 5.91 Å². The number of aromatic nitrogens is 2. The quantitative estimate of drug-likeness (QED) is 0.775. The van der Waals surface area contributed by atoms with Gasteiger partial charge in [-0.25, -0.2) is 0 Å². The summed E-state index contributed by atoms with van der Waals surface area (Å²) in [7, 11) is 1.52. The molecule has 0 saturated carbocycles. The highest BCUT2D eigenvalue weighted by Crippen LogP contribution is 2.30. The lowest BCUT2D eigenvalue weighted by Crippen LogP contribution is -2.14. The fourth-order valence-corrected chi connectivity index (χ4v) is 2.47. The maximum absolute atomic E-state index is 12.7. The minimum absolute atomic E-state index is 0.338. The number of halogens is 1. The van der Waals surface area contributed by atoms with Crippen LogP contribution in [-0.2, 0) is 0 Å². The zero-order valence-electron chi connectivity index (χ0n) is 13.0. The molecule has 0 bridgehead atoms. The highest BCUT2D eigenvalue weighted by atomic mass is 35.5. The van der Waals surface area contributed by atoms with Gasteiger partial charge < -0.3 is 14.6 Å². The summed E-state index contributed by atoms with van der Waals surface area (Å²) in [5.41, 5.74) is 1.93. The number of hydrogen-bond acceptors (Lipinski definition) is 5. The second-order valence-corrected chi connectivity index (χ2v) is 5.44. The van der Waals surface area contributed by atoms with Crippen LogP contribution in [0.1, 0.15) is 16.1 Å². The molecular formula is C17H14ClN3O3.